The van der Waals surface area contributed by atoms with Gasteiger partial charge < -0.3 is 0 Å². The molecule has 1 aliphatic rings. The zero-order valence-corrected chi connectivity index (χ0v) is 6.63. The number of allylic oxidation sites excluding steroid dienone is 2. The lowest BCUT2D eigenvalue weighted by atomic mass is 10.1. The van der Waals surface area contributed by atoms with E-state index in [-0.39, 0.29) is 0 Å². The minimum absolute atomic E-state index is 0.328. The summed E-state index contributed by atoms with van der Waals surface area (Å²) >= 11 is 0. The summed E-state index contributed by atoms with van der Waals surface area (Å²) in [4.78, 5) is 11.0. The Morgan fingerprint density at radius 1 is 1.50 bits per heavy atom. The number of rotatable bonds is 3. The third-order valence-electron chi connectivity index (χ3n) is 1.63. The average Bonchev–Trinajstić information content (AvgIpc) is 2.63. The molecule has 1 fully saturated rings. The molecule has 0 amide bonds. The predicted octanol–water partition coefficient (Wildman–Crippen LogP) is 2.18. The largest absolute Gasteiger partial charge is 0.295 e. The number of ketones is 1. The molecule has 1 heteroatoms. The van der Waals surface area contributed by atoms with Crippen molar-refractivity contribution in [3.05, 3.63) is 12.2 Å². The fourth-order valence-corrected chi connectivity index (χ4v) is 0.791. The second-order valence-electron chi connectivity index (χ2n) is 3.28. The van der Waals surface area contributed by atoms with Gasteiger partial charge in [-0.3, -0.25) is 4.79 Å². The second kappa shape index (κ2) is 3.00. The van der Waals surface area contributed by atoms with Crippen LogP contribution >= 0.6 is 0 Å². The monoisotopic (exact) mass is 138 g/mol. The zero-order chi connectivity index (χ0) is 7.56. The van der Waals surface area contributed by atoms with Crippen LogP contribution in [0.1, 0.15) is 26.7 Å². The SMILES string of the molecule is CC(C)/C=C/C(=O)C1CC1. The maximum absolute atomic E-state index is 11.0. The van der Waals surface area contributed by atoms with E-state index >= 15 is 0 Å². The summed E-state index contributed by atoms with van der Waals surface area (Å²) < 4.78 is 0. The molecule has 56 valence electrons. The van der Waals surface area contributed by atoms with Crippen molar-refractivity contribution in [3.8, 4) is 0 Å². The van der Waals surface area contributed by atoms with Gasteiger partial charge in [0.2, 0.25) is 0 Å². The molecule has 0 radical (unpaired) electrons. The Hall–Kier alpha value is -0.590. The van der Waals surface area contributed by atoms with E-state index in [0.29, 0.717) is 17.6 Å². The van der Waals surface area contributed by atoms with E-state index in [1.54, 1.807) is 6.08 Å². The highest BCUT2D eigenvalue weighted by atomic mass is 16.1. The normalized spacial score (nSPS) is 18.7. The third kappa shape index (κ3) is 2.34. The number of hydrogen-bond donors (Lipinski definition) is 0. The molecular formula is C9H14O. The van der Waals surface area contributed by atoms with E-state index in [9.17, 15) is 4.79 Å². The van der Waals surface area contributed by atoms with E-state index in [1.165, 1.54) is 0 Å². The quantitative estimate of drug-likeness (QED) is 0.546. The Morgan fingerprint density at radius 2 is 2.10 bits per heavy atom. The van der Waals surface area contributed by atoms with Crippen molar-refractivity contribution in [3.63, 3.8) is 0 Å². The van der Waals surface area contributed by atoms with Crippen LogP contribution in [0.5, 0.6) is 0 Å². The van der Waals surface area contributed by atoms with Crippen LogP contribution in [-0.4, -0.2) is 5.78 Å². The summed E-state index contributed by atoms with van der Waals surface area (Å²) in [5.74, 6) is 1.21. The van der Waals surface area contributed by atoms with Gasteiger partial charge in [0, 0.05) is 5.92 Å². The van der Waals surface area contributed by atoms with Gasteiger partial charge in [0.05, 0.1) is 0 Å². The van der Waals surface area contributed by atoms with Crippen LogP contribution in [-0.2, 0) is 4.79 Å². The van der Waals surface area contributed by atoms with Crippen LogP contribution in [0.3, 0.4) is 0 Å². The maximum Gasteiger partial charge on any atom is 0.158 e. The Balaban J connectivity index is 2.29. The van der Waals surface area contributed by atoms with E-state index in [1.807, 2.05) is 6.08 Å². The first-order valence-corrected chi connectivity index (χ1v) is 3.92. The first kappa shape index (κ1) is 7.52. The highest BCUT2D eigenvalue weighted by molar-refractivity contribution is 5.93. The molecule has 1 nitrogen and oxygen atoms in total. The van der Waals surface area contributed by atoms with Crippen molar-refractivity contribution in [2.45, 2.75) is 26.7 Å². The van der Waals surface area contributed by atoms with Crippen LogP contribution in [0.15, 0.2) is 12.2 Å². The summed E-state index contributed by atoms with van der Waals surface area (Å²) in [5.41, 5.74) is 0. The molecule has 1 saturated carbocycles. The van der Waals surface area contributed by atoms with Gasteiger partial charge >= 0.3 is 0 Å². The second-order valence-corrected chi connectivity index (χ2v) is 3.28. The molecule has 0 bridgehead atoms. The lowest BCUT2D eigenvalue weighted by Gasteiger charge is -1.91. The van der Waals surface area contributed by atoms with Gasteiger partial charge in [0.25, 0.3) is 0 Å². The van der Waals surface area contributed by atoms with E-state index in [4.69, 9.17) is 0 Å². The Bertz CT molecular complexity index is 152. The predicted molar refractivity (Wildman–Crippen MR) is 41.7 cm³/mol. The van der Waals surface area contributed by atoms with Crippen molar-refractivity contribution in [1.29, 1.82) is 0 Å². The molecule has 0 aromatic heterocycles. The lowest BCUT2D eigenvalue weighted by molar-refractivity contribution is -0.115. The fourth-order valence-electron chi connectivity index (χ4n) is 0.791. The van der Waals surface area contributed by atoms with Gasteiger partial charge in [-0.05, 0) is 24.8 Å². The average molecular weight is 138 g/mol. The molecule has 0 aliphatic heterocycles. The zero-order valence-electron chi connectivity index (χ0n) is 6.63. The molecule has 0 spiro atoms. The first-order valence-electron chi connectivity index (χ1n) is 3.92. The minimum Gasteiger partial charge on any atom is -0.295 e. The van der Waals surface area contributed by atoms with Crippen molar-refractivity contribution in [2.75, 3.05) is 0 Å². The van der Waals surface area contributed by atoms with Gasteiger partial charge in [0.15, 0.2) is 5.78 Å². The van der Waals surface area contributed by atoms with Crippen LogP contribution < -0.4 is 0 Å². The first-order chi connectivity index (χ1) is 4.70. The van der Waals surface area contributed by atoms with E-state index in [2.05, 4.69) is 13.8 Å². The van der Waals surface area contributed by atoms with Crippen molar-refractivity contribution in [2.24, 2.45) is 11.8 Å². The third-order valence-corrected chi connectivity index (χ3v) is 1.63. The lowest BCUT2D eigenvalue weighted by Crippen LogP contribution is -1.94. The smallest absolute Gasteiger partial charge is 0.158 e. The van der Waals surface area contributed by atoms with E-state index in [0.717, 1.165) is 12.8 Å². The fraction of sp³-hybridized carbons (Fsp3) is 0.667. The van der Waals surface area contributed by atoms with Crippen molar-refractivity contribution >= 4 is 5.78 Å². The number of hydrogen-bond acceptors (Lipinski definition) is 1. The van der Waals surface area contributed by atoms with Crippen molar-refractivity contribution in [1.82, 2.24) is 0 Å². The molecular weight excluding hydrogens is 124 g/mol. The van der Waals surface area contributed by atoms with Crippen molar-refractivity contribution < 1.29 is 4.79 Å². The van der Waals surface area contributed by atoms with Crippen LogP contribution in [0.2, 0.25) is 0 Å². The van der Waals surface area contributed by atoms with Gasteiger partial charge in [-0.1, -0.05) is 19.9 Å². The minimum atomic E-state index is 0.328. The highest BCUT2D eigenvalue weighted by Crippen LogP contribution is 2.30. The molecule has 1 rings (SSSR count). The van der Waals surface area contributed by atoms with Gasteiger partial charge in [-0.25, -0.2) is 0 Å². The molecule has 0 heterocycles. The topological polar surface area (TPSA) is 17.1 Å². The number of carbonyl (C=O) groups excluding carboxylic acids is 1. The summed E-state index contributed by atoms with van der Waals surface area (Å²) in [7, 11) is 0. The molecule has 1 aliphatic carbocycles. The standard InChI is InChI=1S/C9H14O/c1-7(2)3-6-9(10)8-4-5-8/h3,6-8H,4-5H2,1-2H3/b6-3+. The van der Waals surface area contributed by atoms with Crippen LogP contribution in [0.4, 0.5) is 0 Å². The highest BCUT2D eigenvalue weighted by Gasteiger charge is 2.27. The molecule has 10 heavy (non-hydrogen) atoms. The van der Waals surface area contributed by atoms with Gasteiger partial charge in [0.1, 0.15) is 0 Å². The summed E-state index contributed by atoms with van der Waals surface area (Å²) in [5, 5.41) is 0. The molecule has 0 N–H and O–H groups in total. The summed E-state index contributed by atoms with van der Waals surface area (Å²) in [6.07, 6.45) is 5.94. The number of carbonyl (C=O) groups is 1. The van der Waals surface area contributed by atoms with E-state index < -0.39 is 0 Å². The van der Waals surface area contributed by atoms with Gasteiger partial charge in [-0.2, -0.15) is 0 Å². The summed E-state index contributed by atoms with van der Waals surface area (Å²) in [6, 6.07) is 0. The Kier molecular flexibility index (Phi) is 2.25. The molecule has 0 aromatic carbocycles. The maximum atomic E-state index is 11.0. The van der Waals surface area contributed by atoms with Crippen LogP contribution in [0.25, 0.3) is 0 Å². The molecule has 0 unspecified atom stereocenters. The molecule has 0 atom stereocenters. The summed E-state index contributed by atoms with van der Waals surface area (Å²) in [6.45, 7) is 4.16. The Morgan fingerprint density at radius 3 is 2.50 bits per heavy atom. The molecule has 0 aromatic rings. The molecule has 0 saturated heterocycles. The Labute approximate surface area is 62.1 Å². The van der Waals surface area contributed by atoms with Crippen LogP contribution in [0, 0.1) is 11.8 Å². The van der Waals surface area contributed by atoms with Gasteiger partial charge in [-0.15, -0.1) is 0 Å².